The van der Waals surface area contributed by atoms with Crippen molar-refractivity contribution in [2.75, 3.05) is 5.32 Å². The van der Waals surface area contributed by atoms with Gasteiger partial charge in [-0.15, -0.1) is 0 Å². The van der Waals surface area contributed by atoms with E-state index in [2.05, 4.69) is 212 Å². The molecule has 0 fully saturated rings. The van der Waals surface area contributed by atoms with Crippen molar-refractivity contribution in [2.45, 2.75) is 39.0 Å². The fourth-order valence-electron chi connectivity index (χ4n) is 8.70. The lowest BCUT2D eigenvalue weighted by atomic mass is 9.93. The number of aryl methyl sites for hydroxylation is 1. The molecule has 1 atom stereocenters. The Morgan fingerprint density at radius 3 is 1.92 bits per heavy atom. The summed E-state index contributed by atoms with van der Waals surface area (Å²) in [7, 11) is -1.42. The van der Waals surface area contributed by atoms with Crippen molar-refractivity contribution < 1.29 is 0 Å². The molecule has 5 heteroatoms. The number of allylic oxidation sites excluding steroid dienone is 4. The Kier molecular flexibility index (Phi) is 9.90. The third-order valence-corrected chi connectivity index (χ3v) is 14.1. The molecule has 0 amide bonds. The topological polar surface area (TPSA) is 42.7 Å². The van der Waals surface area contributed by atoms with E-state index in [4.69, 9.17) is 9.97 Å². The lowest BCUT2D eigenvalue weighted by Gasteiger charge is -2.18. The molecule has 296 valence electrons. The first-order valence-electron chi connectivity index (χ1n) is 21.3. The molecule has 7 aromatic carbocycles. The molecule has 0 spiro atoms. The van der Waals surface area contributed by atoms with Crippen molar-refractivity contribution >= 4 is 46.4 Å². The summed E-state index contributed by atoms with van der Waals surface area (Å²) in [5.41, 5.74) is 15.6. The van der Waals surface area contributed by atoms with E-state index in [1.165, 1.54) is 49.2 Å². The van der Waals surface area contributed by atoms with Gasteiger partial charge in [0.15, 0.2) is 5.82 Å². The molecule has 9 aromatic rings. The van der Waals surface area contributed by atoms with Crippen molar-refractivity contribution in [3.05, 3.63) is 200 Å². The molecule has 10 rings (SSSR count). The van der Waals surface area contributed by atoms with Crippen molar-refractivity contribution in [2.24, 2.45) is 0 Å². The van der Waals surface area contributed by atoms with Crippen LogP contribution in [0, 0.1) is 6.92 Å². The standard InChI is InChI=1S/C56H48N4Si/c1-38-23-24-42(43-29-34-55-50(36-43)48-20-12-14-22-54(48)60(55)45-17-9-6-10-18-45)35-49(38)47-19-11-13-21-51(47)57-44-30-25-39(26-31-44)52-37-53(40-27-32-46(33-28-40)61(2,3)4)59-56(58-52)41-15-7-5-8-16-41/h5-17,19-37,45,57H,18H2,1-4H3. The van der Waals surface area contributed by atoms with Gasteiger partial charge in [0.1, 0.15) is 0 Å². The highest BCUT2D eigenvalue weighted by atomic mass is 28.3. The molecule has 2 aromatic heterocycles. The van der Waals surface area contributed by atoms with Crippen molar-refractivity contribution in [1.82, 2.24) is 14.5 Å². The van der Waals surface area contributed by atoms with Crippen LogP contribution in [0.2, 0.25) is 19.6 Å². The van der Waals surface area contributed by atoms with Crippen LogP contribution in [0.4, 0.5) is 11.4 Å². The molecule has 2 heterocycles. The molecular formula is C56H48N4Si. The van der Waals surface area contributed by atoms with Crippen LogP contribution in [0.1, 0.15) is 18.0 Å². The van der Waals surface area contributed by atoms with Gasteiger partial charge in [0, 0.05) is 55.4 Å². The number of aromatic nitrogens is 3. The van der Waals surface area contributed by atoms with Gasteiger partial charge in [-0.2, -0.15) is 0 Å². The molecule has 0 radical (unpaired) electrons. The third kappa shape index (κ3) is 7.54. The van der Waals surface area contributed by atoms with Crippen molar-refractivity contribution in [1.29, 1.82) is 0 Å². The van der Waals surface area contributed by atoms with Crippen LogP contribution in [0.3, 0.4) is 0 Å². The Hall–Kier alpha value is -7.08. The minimum atomic E-state index is -1.42. The average molecular weight is 805 g/mol. The monoisotopic (exact) mass is 804 g/mol. The van der Waals surface area contributed by atoms with Crippen LogP contribution < -0.4 is 10.5 Å². The first-order chi connectivity index (χ1) is 29.8. The third-order valence-electron chi connectivity index (χ3n) is 12.1. The maximum Gasteiger partial charge on any atom is 0.160 e. The maximum absolute atomic E-state index is 5.09. The maximum atomic E-state index is 5.09. The smallest absolute Gasteiger partial charge is 0.160 e. The van der Waals surface area contributed by atoms with Gasteiger partial charge in [-0.05, 0) is 84.1 Å². The molecule has 4 nitrogen and oxygen atoms in total. The molecule has 0 saturated carbocycles. The second-order valence-electron chi connectivity index (χ2n) is 17.2. The largest absolute Gasteiger partial charge is 0.355 e. The Bertz CT molecular complexity index is 3110. The van der Waals surface area contributed by atoms with E-state index in [0.717, 1.165) is 57.3 Å². The van der Waals surface area contributed by atoms with E-state index in [-0.39, 0.29) is 0 Å². The number of nitrogens with one attached hydrogen (secondary N) is 1. The van der Waals surface area contributed by atoms with E-state index in [1.54, 1.807) is 0 Å². The van der Waals surface area contributed by atoms with Gasteiger partial charge in [-0.25, -0.2) is 9.97 Å². The van der Waals surface area contributed by atoms with Crippen LogP contribution in [0.25, 0.3) is 78.0 Å². The molecule has 1 aliphatic rings. The molecule has 1 N–H and O–H groups in total. The van der Waals surface area contributed by atoms with Crippen LogP contribution in [-0.2, 0) is 0 Å². The zero-order chi connectivity index (χ0) is 41.5. The highest BCUT2D eigenvalue weighted by Crippen LogP contribution is 2.39. The first-order valence-corrected chi connectivity index (χ1v) is 24.8. The van der Waals surface area contributed by atoms with E-state index in [1.807, 2.05) is 18.2 Å². The van der Waals surface area contributed by atoms with E-state index < -0.39 is 8.07 Å². The van der Waals surface area contributed by atoms with Crippen LogP contribution in [0.15, 0.2) is 194 Å². The summed E-state index contributed by atoms with van der Waals surface area (Å²) >= 11 is 0. The van der Waals surface area contributed by atoms with Crippen LogP contribution >= 0.6 is 0 Å². The zero-order valence-electron chi connectivity index (χ0n) is 35.1. The number of benzene rings is 7. The predicted octanol–water partition coefficient (Wildman–Crippen LogP) is 14.6. The number of hydrogen-bond acceptors (Lipinski definition) is 3. The van der Waals surface area contributed by atoms with Gasteiger partial charge >= 0.3 is 0 Å². The molecule has 0 bridgehead atoms. The van der Waals surface area contributed by atoms with Gasteiger partial charge in [-0.3, -0.25) is 0 Å². The van der Waals surface area contributed by atoms with Gasteiger partial charge in [0.05, 0.1) is 25.5 Å². The van der Waals surface area contributed by atoms with Gasteiger partial charge in [-0.1, -0.05) is 170 Å². The van der Waals surface area contributed by atoms with Crippen LogP contribution in [-0.4, -0.2) is 22.6 Å². The second-order valence-corrected chi connectivity index (χ2v) is 22.2. The summed E-state index contributed by atoms with van der Waals surface area (Å²) in [6, 6.07) is 61.5. The lowest BCUT2D eigenvalue weighted by Crippen LogP contribution is -2.37. The number of hydrogen-bond donors (Lipinski definition) is 1. The van der Waals surface area contributed by atoms with Crippen molar-refractivity contribution in [3.8, 4) is 56.2 Å². The molecule has 0 saturated heterocycles. The highest BCUT2D eigenvalue weighted by Gasteiger charge is 2.19. The average Bonchev–Trinajstić information content (AvgIpc) is 3.63. The quantitative estimate of drug-likeness (QED) is 0.148. The number of fused-ring (bicyclic) bond motifs is 3. The Morgan fingerprint density at radius 1 is 0.541 bits per heavy atom. The summed E-state index contributed by atoms with van der Waals surface area (Å²) in [5.74, 6) is 0.720. The molecule has 1 aliphatic carbocycles. The summed E-state index contributed by atoms with van der Waals surface area (Å²) in [6.07, 6.45) is 9.90. The van der Waals surface area contributed by atoms with E-state index >= 15 is 0 Å². The Balaban J connectivity index is 0.961. The summed E-state index contributed by atoms with van der Waals surface area (Å²) in [4.78, 5) is 10.2. The normalized spacial score (nSPS) is 13.9. The van der Waals surface area contributed by atoms with Crippen molar-refractivity contribution in [3.63, 3.8) is 0 Å². The number of nitrogens with zero attached hydrogens (tertiary/aromatic N) is 3. The summed E-state index contributed by atoms with van der Waals surface area (Å²) in [5, 5.41) is 7.78. The Labute approximate surface area is 359 Å². The van der Waals surface area contributed by atoms with Gasteiger partial charge < -0.3 is 9.88 Å². The SMILES string of the molecule is Cc1ccc(-c2ccc3c(c2)c2ccccc2n3C2C=CC=CC2)cc1-c1ccccc1Nc1ccc(-c2cc(-c3ccc([Si](C)(C)C)cc3)nc(-c3ccccc3)n2)cc1. The summed E-state index contributed by atoms with van der Waals surface area (Å²) in [6.45, 7) is 9.34. The van der Waals surface area contributed by atoms with E-state index in [0.29, 0.717) is 6.04 Å². The number of rotatable bonds is 9. The predicted molar refractivity (Wildman–Crippen MR) is 262 cm³/mol. The zero-order valence-corrected chi connectivity index (χ0v) is 36.1. The summed E-state index contributed by atoms with van der Waals surface area (Å²) < 4.78 is 2.50. The molecule has 0 aliphatic heterocycles. The fraction of sp³-hybridized carbons (Fsp3) is 0.107. The number of para-hydroxylation sites is 2. The highest BCUT2D eigenvalue weighted by molar-refractivity contribution is 6.88. The minimum Gasteiger partial charge on any atom is -0.355 e. The molecule has 1 unspecified atom stereocenters. The van der Waals surface area contributed by atoms with Gasteiger partial charge in [0.2, 0.25) is 0 Å². The Morgan fingerprint density at radius 2 is 1.18 bits per heavy atom. The fourth-order valence-corrected chi connectivity index (χ4v) is 9.86. The lowest BCUT2D eigenvalue weighted by molar-refractivity contribution is 0.648. The van der Waals surface area contributed by atoms with E-state index in [9.17, 15) is 0 Å². The molecular weight excluding hydrogens is 757 g/mol. The first kappa shape index (κ1) is 38.1. The minimum absolute atomic E-state index is 0.306. The van der Waals surface area contributed by atoms with Gasteiger partial charge in [0.25, 0.3) is 0 Å². The van der Waals surface area contributed by atoms with Crippen LogP contribution in [0.5, 0.6) is 0 Å². The molecule has 61 heavy (non-hydrogen) atoms. The second kappa shape index (κ2) is 15.8. The number of anilines is 2.